The van der Waals surface area contributed by atoms with Crippen molar-refractivity contribution >= 4 is 28.6 Å². The van der Waals surface area contributed by atoms with Gasteiger partial charge >= 0.3 is 12.1 Å². The molecule has 0 aliphatic carbocycles. The second-order valence-electron chi connectivity index (χ2n) is 7.95. The summed E-state index contributed by atoms with van der Waals surface area (Å²) >= 11 is 0. The van der Waals surface area contributed by atoms with Gasteiger partial charge in [0, 0.05) is 50.5 Å². The molecule has 1 aliphatic rings. The van der Waals surface area contributed by atoms with Crippen molar-refractivity contribution in [3.63, 3.8) is 0 Å². The summed E-state index contributed by atoms with van der Waals surface area (Å²) in [5.74, 6) is -4.35. The number of anilines is 1. The first-order valence-electron chi connectivity index (χ1n) is 10.9. The minimum atomic E-state index is -5.08. The van der Waals surface area contributed by atoms with Gasteiger partial charge in [-0.15, -0.1) is 0 Å². The number of aryl methyl sites for hydroxylation is 1. The third kappa shape index (κ3) is 6.68. The summed E-state index contributed by atoms with van der Waals surface area (Å²) < 4.78 is 60.4. The molecule has 1 aliphatic heterocycles. The van der Waals surface area contributed by atoms with Crippen LogP contribution < -0.4 is 15.5 Å². The lowest BCUT2D eigenvalue weighted by atomic mass is 10.1. The van der Waals surface area contributed by atoms with Crippen molar-refractivity contribution in [3.05, 3.63) is 59.4 Å². The molecule has 1 aromatic heterocycles. The van der Waals surface area contributed by atoms with E-state index in [2.05, 4.69) is 26.6 Å². The highest BCUT2D eigenvalue weighted by atomic mass is 19.4. The molecule has 8 nitrogen and oxygen atoms in total. The highest BCUT2D eigenvalue weighted by molar-refractivity contribution is 5.81. The van der Waals surface area contributed by atoms with Crippen LogP contribution in [0.1, 0.15) is 11.4 Å². The lowest BCUT2D eigenvalue weighted by Crippen LogP contribution is -2.44. The first-order chi connectivity index (χ1) is 17.0. The number of fused-ring (bicyclic) bond motifs is 1. The zero-order valence-corrected chi connectivity index (χ0v) is 19.2. The number of aliphatic carboxylic acids is 1. The second-order valence-corrected chi connectivity index (χ2v) is 7.95. The molecule has 0 unspecified atom stereocenters. The highest BCUT2D eigenvalue weighted by Gasteiger charge is 2.38. The zero-order valence-electron chi connectivity index (χ0n) is 19.2. The maximum absolute atomic E-state index is 13.6. The number of aromatic nitrogens is 2. The van der Waals surface area contributed by atoms with E-state index in [0.717, 1.165) is 49.6 Å². The predicted octanol–water partition coefficient (Wildman–Crippen LogP) is 2.98. The molecule has 3 N–H and O–H groups in total. The smallest absolute Gasteiger partial charge is 0.475 e. The summed E-state index contributed by atoms with van der Waals surface area (Å²) in [5, 5.41) is 13.4. The summed E-state index contributed by atoms with van der Waals surface area (Å²) in [6.07, 6.45) is -5.08. The van der Waals surface area contributed by atoms with Crippen molar-refractivity contribution in [2.24, 2.45) is 0 Å². The second kappa shape index (κ2) is 11.3. The SMILES string of the molecule is Cc1nc2cc(F)c(F)cc2n1CC(=O)NCc1ccccc1N1CCNCC1.O=C(O)C(F)(F)F. The van der Waals surface area contributed by atoms with E-state index in [1.165, 1.54) is 0 Å². The summed E-state index contributed by atoms with van der Waals surface area (Å²) in [5.41, 5.74) is 2.90. The number of nitrogens with one attached hydrogen (secondary N) is 2. The van der Waals surface area contributed by atoms with Crippen molar-refractivity contribution in [2.45, 2.75) is 26.2 Å². The van der Waals surface area contributed by atoms with Gasteiger partial charge in [0.1, 0.15) is 12.4 Å². The number of hydrogen-bond donors (Lipinski definition) is 3. The number of hydrogen-bond acceptors (Lipinski definition) is 5. The van der Waals surface area contributed by atoms with Gasteiger partial charge in [-0.1, -0.05) is 18.2 Å². The number of benzene rings is 2. The van der Waals surface area contributed by atoms with Gasteiger partial charge in [0.05, 0.1) is 11.0 Å². The van der Waals surface area contributed by atoms with Gasteiger partial charge in [-0.05, 0) is 18.6 Å². The minimum Gasteiger partial charge on any atom is -0.475 e. The maximum atomic E-state index is 13.6. The van der Waals surface area contributed by atoms with Gasteiger partial charge in [0.2, 0.25) is 5.91 Å². The number of nitrogens with zero attached hydrogens (tertiary/aromatic N) is 3. The number of amides is 1. The zero-order chi connectivity index (χ0) is 26.5. The highest BCUT2D eigenvalue weighted by Crippen LogP contribution is 2.22. The number of imidazole rings is 1. The molecule has 1 fully saturated rings. The van der Waals surface area contributed by atoms with Crippen LogP contribution in [0.3, 0.4) is 0 Å². The van der Waals surface area contributed by atoms with Crippen LogP contribution in [-0.4, -0.2) is 58.9 Å². The molecule has 1 saturated heterocycles. The van der Waals surface area contributed by atoms with Gasteiger partial charge in [0.25, 0.3) is 0 Å². The Morgan fingerprint density at radius 1 is 1.11 bits per heavy atom. The normalized spacial score (nSPS) is 13.8. The van der Waals surface area contributed by atoms with Gasteiger partial charge in [-0.3, -0.25) is 4.79 Å². The molecule has 0 spiro atoms. The molecule has 0 radical (unpaired) electrons. The third-order valence-electron chi connectivity index (χ3n) is 5.45. The molecule has 2 heterocycles. The Kier molecular flexibility index (Phi) is 8.45. The molecular formula is C23H24F5N5O3. The van der Waals surface area contributed by atoms with Crippen LogP contribution in [0.15, 0.2) is 36.4 Å². The molecule has 1 amide bonds. The molecule has 13 heteroatoms. The Bertz CT molecular complexity index is 1240. The van der Waals surface area contributed by atoms with Gasteiger partial charge < -0.3 is 25.2 Å². The lowest BCUT2D eigenvalue weighted by molar-refractivity contribution is -0.192. The molecule has 0 bridgehead atoms. The largest absolute Gasteiger partial charge is 0.490 e. The Balaban J connectivity index is 0.000000454. The van der Waals surface area contributed by atoms with E-state index in [-0.39, 0.29) is 12.5 Å². The number of alkyl halides is 3. The maximum Gasteiger partial charge on any atom is 0.490 e. The topological polar surface area (TPSA) is 99.5 Å². The Morgan fingerprint density at radius 2 is 1.72 bits per heavy atom. The van der Waals surface area contributed by atoms with E-state index in [4.69, 9.17) is 9.90 Å². The summed E-state index contributed by atoms with van der Waals surface area (Å²) in [6.45, 7) is 5.82. The third-order valence-corrected chi connectivity index (χ3v) is 5.45. The van der Waals surface area contributed by atoms with Gasteiger partial charge in [-0.25, -0.2) is 18.6 Å². The number of carbonyl (C=O) groups excluding carboxylic acids is 1. The first kappa shape index (κ1) is 26.9. The van der Waals surface area contributed by atoms with Crippen molar-refractivity contribution in [3.8, 4) is 0 Å². The number of piperazine rings is 1. The van der Waals surface area contributed by atoms with E-state index in [0.29, 0.717) is 23.4 Å². The fourth-order valence-electron chi connectivity index (χ4n) is 3.71. The molecule has 0 saturated carbocycles. The van der Waals surface area contributed by atoms with Crippen molar-refractivity contribution in [1.82, 2.24) is 20.2 Å². The number of para-hydroxylation sites is 1. The molecule has 36 heavy (non-hydrogen) atoms. The standard InChI is InChI=1S/C21H23F2N5O.C2HF3O2/c1-14-26-18-10-16(22)17(23)11-20(18)28(14)13-21(29)25-12-15-4-2-3-5-19(15)27-8-6-24-7-9-27;3-2(4,5)1(6)7/h2-5,10-11,24H,6-9,12-13H2,1H3,(H,25,29);(H,6,7). The average Bonchev–Trinajstić information content (AvgIpc) is 3.12. The minimum absolute atomic E-state index is 0.0107. The summed E-state index contributed by atoms with van der Waals surface area (Å²) in [7, 11) is 0. The predicted molar refractivity (Wildman–Crippen MR) is 121 cm³/mol. The average molecular weight is 513 g/mol. The van der Waals surface area contributed by atoms with E-state index >= 15 is 0 Å². The van der Waals surface area contributed by atoms with Gasteiger partial charge in [0.15, 0.2) is 11.6 Å². The number of carbonyl (C=O) groups is 2. The van der Waals surface area contributed by atoms with Crippen LogP contribution >= 0.6 is 0 Å². The number of halogens is 5. The molecule has 3 aromatic rings. The Morgan fingerprint density at radius 3 is 2.36 bits per heavy atom. The fourth-order valence-corrected chi connectivity index (χ4v) is 3.71. The van der Waals surface area contributed by atoms with E-state index in [1.54, 1.807) is 11.5 Å². The molecule has 4 rings (SSSR count). The Labute approximate surface area is 202 Å². The van der Waals surface area contributed by atoms with E-state index in [9.17, 15) is 26.7 Å². The number of carboxylic acids is 1. The fraction of sp³-hybridized carbons (Fsp3) is 0.348. The number of carboxylic acid groups (broad SMARTS) is 1. The van der Waals surface area contributed by atoms with E-state index < -0.39 is 23.8 Å². The molecular weight excluding hydrogens is 489 g/mol. The molecule has 2 aromatic carbocycles. The van der Waals surface area contributed by atoms with Crippen LogP contribution in [0.5, 0.6) is 0 Å². The van der Waals surface area contributed by atoms with E-state index in [1.807, 2.05) is 18.2 Å². The summed E-state index contributed by atoms with van der Waals surface area (Å²) in [4.78, 5) is 28.0. The van der Waals surface area contributed by atoms with Crippen LogP contribution in [0, 0.1) is 18.6 Å². The van der Waals surface area contributed by atoms with Crippen molar-refractivity contribution in [2.75, 3.05) is 31.1 Å². The quantitative estimate of drug-likeness (QED) is 0.454. The molecule has 0 atom stereocenters. The molecule has 194 valence electrons. The Hall–Kier alpha value is -3.74. The van der Waals surface area contributed by atoms with Crippen molar-refractivity contribution < 1.29 is 36.6 Å². The van der Waals surface area contributed by atoms with Crippen LogP contribution in [-0.2, 0) is 22.7 Å². The van der Waals surface area contributed by atoms with Crippen LogP contribution in [0.2, 0.25) is 0 Å². The van der Waals surface area contributed by atoms with Gasteiger partial charge in [-0.2, -0.15) is 13.2 Å². The van der Waals surface area contributed by atoms with Crippen LogP contribution in [0.25, 0.3) is 11.0 Å². The van der Waals surface area contributed by atoms with Crippen molar-refractivity contribution in [1.29, 1.82) is 0 Å². The lowest BCUT2D eigenvalue weighted by Gasteiger charge is -2.31. The summed E-state index contributed by atoms with van der Waals surface area (Å²) in [6, 6.07) is 10.2. The van der Waals surface area contributed by atoms with Crippen LogP contribution in [0.4, 0.5) is 27.6 Å². The monoisotopic (exact) mass is 513 g/mol. The number of rotatable bonds is 5. The first-order valence-corrected chi connectivity index (χ1v) is 10.9.